The van der Waals surface area contributed by atoms with Gasteiger partial charge in [0.05, 0.1) is 23.6 Å². The summed E-state index contributed by atoms with van der Waals surface area (Å²) < 4.78 is 10.5. The number of urea groups is 1. The fourth-order valence-electron chi connectivity index (χ4n) is 3.49. The number of nitrogens with zero attached hydrogens (tertiary/aromatic N) is 2. The van der Waals surface area contributed by atoms with E-state index in [-0.39, 0.29) is 18.0 Å². The number of nitrogens with one attached hydrogen (secondary N) is 4. The first-order chi connectivity index (χ1) is 14.2. The maximum Gasteiger partial charge on any atom is 0.320 e. The Kier molecular flexibility index (Phi) is 5.87. The minimum absolute atomic E-state index is 0.00840. The summed E-state index contributed by atoms with van der Waals surface area (Å²) in [5.41, 5.74) is 1.94. The van der Waals surface area contributed by atoms with E-state index < -0.39 is 0 Å². The van der Waals surface area contributed by atoms with E-state index in [2.05, 4.69) is 43.3 Å². The number of hydrogen-bond acceptors (Lipinski definition) is 6. The van der Waals surface area contributed by atoms with Crippen molar-refractivity contribution in [3.63, 3.8) is 0 Å². The van der Waals surface area contributed by atoms with Gasteiger partial charge in [-0.2, -0.15) is 0 Å². The SMILES string of the molecule is COCCOc1n[nH]c2cc(NC(=O)N[C@H]3CNC[C@@H]3c3ccccc3)ncc12. The average molecular weight is 396 g/mol. The molecule has 1 aliphatic heterocycles. The second-order valence-corrected chi connectivity index (χ2v) is 6.87. The van der Waals surface area contributed by atoms with Crippen LogP contribution in [0.3, 0.4) is 0 Å². The zero-order valence-electron chi connectivity index (χ0n) is 16.1. The number of carbonyl (C=O) groups excluding carboxylic acids is 1. The predicted octanol–water partition coefficient (Wildman–Crippen LogP) is 1.86. The molecule has 1 aromatic carbocycles. The van der Waals surface area contributed by atoms with Gasteiger partial charge in [0, 0.05) is 38.4 Å². The molecule has 2 atom stereocenters. The maximum atomic E-state index is 12.5. The standard InChI is InChI=1S/C20H24N6O3/c1-28-7-8-29-19-15-11-22-18(9-16(15)25-26-19)24-20(27)23-17-12-21-10-14(17)13-5-3-2-4-6-13/h2-6,9,11,14,17,21H,7-8,10,12H2,1H3,(H,25,26)(H2,22,23,24,27)/t14-,17+/m1/s1. The first kappa shape index (κ1) is 19.2. The zero-order valence-corrected chi connectivity index (χ0v) is 16.1. The van der Waals surface area contributed by atoms with Gasteiger partial charge in [-0.15, -0.1) is 5.10 Å². The molecule has 29 heavy (non-hydrogen) atoms. The number of anilines is 1. The van der Waals surface area contributed by atoms with Crippen molar-refractivity contribution in [2.45, 2.75) is 12.0 Å². The van der Waals surface area contributed by atoms with E-state index in [1.165, 1.54) is 5.56 Å². The van der Waals surface area contributed by atoms with Crippen LogP contribution >= 0.6 is 0 Å². The maximum absolute atomic E-state index is 12.5. The number of carbonyl (C=O) groups is 1. The number of rotatable bonds is 7. The van der Waals surface area contributed by atoms with Crippen LogP contribution in [0.25, 0.3) is 10.9 Å². The van der Waals surface area contributed by atoms with Crippen LogP contribution in [-0.4, -0.2) is 60.7 Å². The number of methoxy groups -OCH3 is 1. The molecular formula is C20H24N6O3. The second-order valence-electron chi connectivity index (χ2n) is 6.87. The molecule has 3 aromatic rings. The third kappa shape index (κ3) is 4.47. The lowest BCUT2D eigenvalue weighted by atomic mass is 9.94. The van der Waals surface area contributed by atoms with Crippen molar-refractivity contribution < 1.29 is 14.3 Å². The highest BCUT2D eigenvalue weighted by atomic mass is 16.5. The number of amides is 2. The smallest absolute Gasteiger partial charge is 0.320 e. The van der Waals surface area contributed by atoms with Gasteiger partial charge in [-0.05, 0) is 5.56 Å². The molecule has 152 valence electrons. The molecule has 3 heterocycles. The number of hydrogen-bond donors (Lipinski definition) is 4. The number of aromatic nitrogens is 3. The summed E-state index contributed by atoms with van der Waals surface area (Å²) in [5, 5.41) is 17.0. The van der Waals surface area contributed by atoms with Crippen molar-refractivity contribution in [2.24, 2.45) is 0 Å². The molecule has 4 N–H and O–H groups in total. The molecular weight excluding hydrogens is 372 g/mol. The molecule has 0 radical (unpaired) electrons. The molecule has 4 rings (SSSR count). The fourth-order valence-corrected chi connectivity index (χ4v) is 3.49. The highest BCUT2D eigenvalue weighted by molar-refractivity contribution is 5.92. The number of aromatic amines is 1. The number of benzene rings is 1. The summed E-state index contributed by atoms with van der Waals surface area (Å²) >= 11 is 0. The number of ether oxygens (including phenoxy) is 2. The Morgan fingerprint density at radius 1 is 1.24 bits per heavy atom. The Labute approximate surface area is 168 Å². The van der Waals surface area contributed by atoms with Crippen LogP contribution in [0.1, 0.15) is 11.5 Å². The molecule has 0 saturated carbocycles. The van der Waals surface area contributed by atoms with Crippen molar-refractivity contribution >= 4 is 22.8 Å². The van der Waals surface area contributed by atoms with Gasteiger partial charge in [0.15, 0.2) is 0 Å². The third-order valence-electron chi connectivity index (χ3n) is 4.94. The van der Waals surface area contributed by atoms with Crippen LogP contribution in [0.4, 0.5) is 10.6 Å². The van der Waals surface area contributed by atoms with E-state index in [1.807, 2.05) is 18.2 Å². The van der Waals surface area contributed by atoms with E-state index in [0.29, 0.717) is 24.9 Å². The van der Waals surface area contributed by atoms with Gasteiger partial charge in [-0.25, -0.2) is 9.78 Å². The van der Waals surface area contributed by atoms with Gasteiger partial charge >= 0.3 is 6.03 Å². The normalized spacial score (nSPS) is 18.7. The highest BCUT2D eigenvalue weighted by Gasteiger charge is 2.29. The van der Waals surface area contributed by atoms with E-state index in [0.717, 1.165) is 24.0 Å². The number of H-pyrrole nitrogens is 1. The number of fused-ring (bicyclic) bond motifs is 1. The van der Waals surface area contributed by atoms with Crippen LogP contribution in [0, 0.1) is 0 Å². The molecule has 2 aromatic heterocycles. The molecule has 2 amide bonds. The van der Waals surface area contributed by atoms with E-state index in [4.69, 9.17) is 9.47 Å². The van der Waals surface area contributed by atoms with Crippen molar-refractivity contribution in [1.82, 2.24) is 25.8 Å². The Morgan fingerprint density at radius 3 is 2.93 bits per heavy atom. The van der Waals surface area contributed by atoms with Crippen molar-refractivity contribution in [2.75, 3.05) is 38.7 Å². The molecule has 9 nitrogen and oxygen atoms in total. The topological polar surface area (TPSA) is 113 Å². The predicted molar refractivity (Wildman–Crippen MR) is 109 cm³/mol. The van der Waals surface area contributed by atoms with Crippen molar-refractivity contribution in [3.05, 3.63) is 48.2 Å². The highest BCUT2D eigenvalue weighted by Crippen LogP contribution is 2.24. The van der Waals surface area contributed by atoms with Crippen molar-refractivity contribution in [1.29, 1.82) is 0 Å². The first-order valence-electron chi connectivity index (χ1n) is 9.53. The summed E-state index contributed by atoms with van der Waals surface area (Å²) in [5.74, 6) is 1.13. The molecule has 0 aliphatic carbocycles. The summed E-state index contributed by atoms with van der Waals surface area (Å²) in [6, 6.07) is 11.6. The quantitative estimate of drug-likeness (QED) is 0.454. The molecule has 1 fully saturated rings. The fraction of sp³-hybridized carbons (Fsp3) is 0.350. The molecule has 0 spiro atoms. The van der Waals surface area contributed by atoms with E-state index >= 15 is 0 Å². The number of pyridine rings is 1. The third-order valence-corrected chi connectivity index (χ3v) is 4.94. The van der Waals surface area contributed by atoms with E-state index in [1.54, 1.807) is 19.4 Å². The molecule has 1 aliphatic rings. The molecule has 0 bridgehead atoms. The minimum Gasteiger partial charge on any atom is -0.474 e. The van der Waals surface area contributed by atoms with Gasteiger partial charge in [-0.3, -0.25) is 10.4 Å². The average Bonchev–Trinajstić information content (AvgIpc) is 3.35. The lowest BCUT2D eigenvalue weighted by Gasteiger charge is -2.20. The molecule has 0 unspecified atom stereocenters. The lowest BCUT2D eigenvalue weighted by molar-refractivity contribution is 0.144. The second kappa shape index (κ2) is 8.89. The van der Waals surface area contributed by atoms with Crippen LogP contribution in [0.5, 0.6) is 5.88 Å². The van der Waals surface area contributed by atoms with Crippen LogP contribution in [0.2, 0.25) is 0 Å². The van der Waals surface area contributed by atoms with Gasteiger partial charge in [-0.1, -0.05) is 30.3 Å². The van der Waals surface area contributed by atoms with Gasteiger partial charge in [0.2, 0.25) is 5.88 Å². The van der Waals surface area contributed by atoms with Crippen LogP contribution in [0.15, 0.2) is 42.6 Å². The van der Waals surface area contributed by atoms with Crippen LogP contribution in [-0.2, 0) is 4.74 Å². The first-order valence-corrected chi connectivity index (χ1v) is 9.53. The Hall–Kier alpha value is -3.17. The molecule has 1 saturated heterocycles. The van der Waals surface area contributed by atoms with Gasteiger partial charge in [0.25, 0.3) is 0 Å². The summed E-state index contributed by atoms with van der Waals surface area (Å²) in [6.45, 7) is 2.43. The summed E-state index contributed by atoms with van der Waals surface area (Å²) in [6.07, 6.45) is 1.63. The Bertz CT molecular complexity index is 961. The van der Waals surface area contributed by atoms with Gasteiger partial charge in [0.1, 0.15) is 12.4 Å². The summed E-state index contributed by atoms with van der Waals surface area (Å²) in [4.78, 5) is 16.8. The summed E-state index contributed by atoms with van der Waals surface area (Å²) in [7, 11) is 1.61. The molecule has 9 heteroatoms. The van der Waals surface area contributed by atoms with Crippen LogP contribution < -0.4 is 20.7 Å². The van der Waals surface area contributed by atoms with Crippen molar-refractivity contribution in [3.8, 4) is 5.88 Å². The minimum atomic E-state index is -0.289. The Morgan fingerprint density at radius 2 is 2.10 bits per heavy atom. The largest absolute Gasteiger partial charge is 0.474 e. The van der Waals surface area contributed by atoms with E-state index in [9.17, 15) is 4.79 Å². The zero-order chi connectivity index (χ0) is 20.1. The lowest BCUT2D eigenvalue weighted by Crippen LogP contribution is -2.42. The monoisotopic (exact) mass is 396 g/mol. The van der Waals surface area contributed by atoms with Gasteiger partial charge < -0.3 is 20.1 Å². The Balaban J connectivity index is 1.38.